The Labute approximate surface area is 158 Å². The largest absolute Gasteiger partial charge is 0.463 e. The van der Waals surface area contributed by atoms with Gasteiger partial charge in [0.15, 0.2) is 11.8 Å². The number of furan rings is 1. The number of ether oxygens (including phenoxy) is 1. The maximum atomic E-state index is 12.2. The lowest BCUT2D eigenvalue weighted by Gasteiger charge is -2.30. The summed E-state index contributed by atoms with van der Waals surface area (Å²) in [6.07, 6.45) is 1.62. The highest BCUT2D eigenvalue weighted by atomic mass is 16.5. The van der Waals surface area contributed by atoms with Gasteiger partial charge in [-0.25, -0.2) is 0 Å². The summed E-state index contributed by atoms with van der Waals surface area (Å²) < 4.78 is 11.0. The first-order valence-electron chi connectivity index (χ1n) is 9.21. The normalized spacial score (nSPS) is 15.9. The molecule has 1 aliphatic rings. The van der Waals surface area contributed by atoms with Crippen molar-refractivity contribution in [1.82, 2.24) is 10.6 Å². The van der Waals surface area contributed by atoms with Crippen molar-refractivity contribution in [3.8, 4) is 0 Å². The number of nitrogens with one attached hydrogen (secondary N) is 3. The van der Waals surface area contributed by atoms with Crippen LogP contribution in [0.2, 0.25) is 0 Å². The highest BCUT2D eigenvalue weighted by molar-refractivity contribution is 6.35. The summed E-state index contributed by atoms with van der Waals surface area (Å²) in [4.78, 5) is 25.5. The quantitative estimate of drug-likeness (QED) is 0.622. The molecule has 0 bridgehead atoms. The number of carbonyl (C=O) groups is 2. The summed E-state index contributed by atoms with van der Waals surface area (Å²) in [7, 11) is 0. The lowest BCUT2D eigenvalue weighted by molar-refractivity contribution is -0.938. The molecule has 7 heteroatoms. The molecule has 7 nitrogen and oxygen atoms in total. The van der Waals surface area contributed by atoms with Gasteiger partial charge in [0.05, 0.1) is 26.0 Å². The third-order valence-corrected chi connectivity index (χ3v) is 4.76. The Morgan fingerprint density at radius 3 is 2.44 bits per heavy atom. The average molecular weight is 372 g/mol. The number of benzene rings is 1. The minimum atomic E-state index is -0.634. The second kappa shape index (κ2) is 9.34. The molecule has 2 amide bonds. The molecular weight excluding hydrogens is 346 g/mol. The number of morpholine rings is 1. The second-order valence-corrected chi connectivity index (χ2v) is 6.72. The molecule has 0 radical (unpaired) electrons. The van der Waals surface area contributed by atoms with Gasteiger partial charge in [-0.15, -0.1) is 0 Å². The molecular formula is C20H26N3O4+. The molecule has 3 N–H and O–H groups in total. The van der Waals surface area contributed by atoms with Crippen LogP contribution in [-0.2, 0) is 20.9 Å². The van der Waals surface area contributed by atoms with Gasteiger partial charge < -0.3 is 24.7 Å². The van der Waals surface area contributed by atoms with Crippen LogP contribution in [0.5, 0.6) is 0 Å². The van der Waals surface area contributed by atoms with E-state index in [1.54, 1.807) is 6.26 Å². The van der Waals surface area contributed by atoms with Crippen LogP contribution in [0.1, 0.15) is 22.9 Å². The first-order valence-corrected chi connectivity index (χ1v) is 9.21. The molecule has 1 atom stereocenters. The van der Waals surface area contributed by atoms with E-state index in [2.05, 4.69) is 10.6 Å². The zero-order valence-electron chi connectivity index (χ0n) is 15.5. The number of hydrogen-bond acceptors (Lipinski definition) is 4. The summed E-state index contributed by atoms with van der Waals surface area (Å²) >= 11 is 0. The van der Waals surface area contributed by atoms with Crippen LogP contribution in [0.25, 0.3) is 0 Å². The number of amides is 2. The zero-order chi connectivity index (χ0) is 19.1. The van der Waals surface area contributed by atoms with E-state index in [1.165, 1.54) is 4.90 Å². The highest BCUT2D eigenvalue weighted by Gasteiger charge is 2.29. The van der Waals surface area contributed by atoms with E-state index in [-0.39, 0.29) is 6.04 Å². The lowest BCUT2D eigenvalue weighted by atomic mass is 10.1. The molecule has 0 unspecified atom stereocenters. The number of rotatable bonds is 6. The third-order valence-electron chi connectivity index (χ3n) is 4.76. The van der Waals surface area contributed by atoms with Crippen molar-refractivity contribution >= 4 is 11.8 Å². The molecule has 2 aromatic rings. The van der Waals surface area contributed by atoms with E-state index in [1.807, 2.05) is 43.3 Å². The van der Waals surface area contributed by atoms with Gasteiger partial charge in [-0.3, -0.25) is 9.59 Å². The van der Waals surface area contributed by atoms with Crippen molar-refractivity contribution in [2.75, 3.05) is 32.8 Å². The highest BCUT2D eigenvalue weighted by Crippen LogP contribution is 2.10. The van der Waals surface area contributed by atoms with Crippen molar-refractivity contribution in [2.24, 2.45) is 0 Å². The summed E-state index contributed by atoms with van der Waals surface area (Å²) in [6, 6.07) is 11.5. The smallest absolute Gasteiger partial charge is 0.309 e. The van der Waals surface area contributed by atoms with E-state index in [9.17, 15) is 9.59 Å². The molecule has 3 rings (SSSR count). The molecule has 0 aliphatic carbocycles. The lowest BCUT2D eigenvalue weighted by Crippen LogP contribution is -3.15. The van der Waals surface area contributed by atoms with Gasteiger partial charge in [-0.1, -0.05) is 29.8 Å². The number of aryl methyl sites for hydroxylation is 1. The summed E-state index contributed by atoms with van der Waals surface area (Å²) in [5.41, 5.74) is 2.10. The Hall–Kier alpha value is -2.64. The predicted molar refractivity (Wildman–Crippen MR) is 99.0 cm³/mol. The van der Waals surface area contributed by atoms with E-state index in [4.69, 9.17) is 9.15 Å². The van der Waals surface area contributed by atoms with E-state index < -0.39 is 11.8 Å². The average Bonchev–Trinajstić information content (AvgIpc) is 3.22. The van der Waals surface area contributed by atoms with E-state index in [0.29, 0.717) is 26.3 Å². The van der Waals surface area contributed by atoms with Crippen molar-refractivity contribution < 1.29 is 23.6 Å². The predicted octanol–water partition coefficient (Wildman–Crippen LogP) is -0.0232. The Morgan fingerprint density at radius 2 is 1.78 bits per heavy atom. The standard InChI is InChI=1S/C20H25N3O4/c1-15-4-6-16(7-5-15)13-21-19(24)20(25)22-14-17(18-3-2-10-27-18)23-8-11-26-12-9-23/h2-7,10,17H,8-9,11-14H2,1H3,(H,21,24)(H,22,25)/p+1/t17-/m1/s1. The molecule has 27 heavy (non-hydrogen) atoms. The fourth-order valence-electron chi connectivity index (χ4n) is 3.16. The molecule has 1 saturated heterocycles. The monoisotopic (exact) mass is 372 g/mol. The van der Waals surface area contributed by atoms with Gasteiger partial charge in [0, 0.05) is 6.54 Å². The maximum Gasteiger partial charge on any atom is 0.309 e. The van der Waals surface area contributed by atoms with Gasteiger partial charge in [-0.2, -0.15) is 0 Å². The zero-order valence-corrected chi connectivity index (χ0v) is 15.5. The fraction of sp³-hybridized carbons (Fsp3) is 0.400. The Bertz CT molecular complexity index is 737. The second-order valence-electron chi connectivity index (χ2n) is 6.72. The van der Waals surface area contributed by atoms with Crippen LogP contribution in [0, 0.1) is 6.92 Å². The van der Waals surface area contributed by atoms with Crippen molar-refractivity contribution in [3.05, 3.63) is 59.5 Å². The van der Waals surface area contributed by atoms with Gasteiger partial charge in [0.25, 0.3) is 0 Å². The van der Waals surface area contributed by atoms with Crippen LogP contribution >= 0.6 is 0 Å². The van der Waals surface area contributed by atoms with E-state index >= 15 is 0 Å². The molecule has 0 spiro atoms. The van der Waals surface area contributed by atoms with Crippen LogP contribution in [-0.4, -0.2) is 44.7 Å². The Morgan fingerprint density at radius 1 is 1.07 bits per heavy atom. The Kier molecular flexibility index (Phi) is 6.62. The van der Waals surface area contributed by atoms with Gasteiger partial charge in [-0.05, 0) is 24.6 Å². The molecule has 144 valence electrons. The number of hydrogen-bond donors (Lipinski definition) is 3. The minimum Gasteiger partial charge on any atom is -0.463 e. The molecule has 1 aromatic heterocycles. The first kappa shape index (κ1) is 19.1. The molecule has 2 heterocycles. The first-order chi connectivity index (χ1) is 13.1. The summed E-state index contributed by atoms with van der Waals surface area (Å²) in [5.74, 6) is -0.468. The van der Waals surface area contributed by atoms with Crippen molar-refractivity contribution in [3.63, 3.8) is 0 Å². The third kappa shape index (κ3) is 5.42. The summed E-state index contributed by atoms with van der Waals surface area (Å²) in [6.45, 7) is 5.68. The molecule has 1 fully saturated rings. The van der Waals surface area contributed by atoms with Gasteiger partial charge in [0.1, 0.15) is 13.1 Å². The van der Waals surface area contributed by atoms with Crippen LogP contribution < -0.4 is 15.5 Å². The van der Waals surface area contributed by atoms with Crippen LogP contribution in [0.15, 0.2) is 47.1 Å². The topological polar surface area (TPSA) is 85.0 Å². The van der Waals surface area contributed by atoms with Crippen molar-refractivity contribution in [1.29, 1.82) is 0 Å². The van der Waals surface area contributed by atoms with Crippen LogP contribution in [0.3, 0.4) is 0 Å². The SMILES string of the molecule is Cc1ccc(CNC(=O)C(=O)NC[C@H](c2ccco2)[NH+]2CCOCC2)cc1. The number of quaternary nitrogens is 1. The molecule has 1 aliphatic heterocycles. The van der Waals surface area contributed by atoms with Gasteiger partial charge in [0.2, 0.25) is 0 Å². The molecule has 1 aromatic carbocycles. The van der Waals surface area contributed by atoms with Gasteiger partial charge >= 0.3 is 11.8 Å². The van der Waals surface area contributed by atoms with E-state index in [0.717, 1.165) is 30.0 Å². The fourth-order valence-corrected chi connectivity index (χ4v) is 3.16. The Balaban J connectivity index is 1.52. The van der Waals surface area contributed by atoms with Crippen molar-refractivity contribution in [2.45, 2.75) is 19.5 Å². The van der Waals surface area contributed by atoms with Crippen LogP contribution in [0.4, 0.5) is 0 Å². The maximum absolute atomic E-state index is 12.2. The minimum absolute atomic E-state index is 0.0438. The molecule has 0 saturated carbocycles. The summed E-state index contributed by atoms with van der Waals surface area (Å²) in [5, 5.41) is 5.40. The number of carbonyl (C=O) groups excluding carboxylic acids is 2.